The highest BCUT2D eigenvalue weighted by atomic mass is 79.9. The molecule has 4 aromatic heterocycles. The number of terminal acetylenes is 1. The van der Waals surface area contributed by atoms with Gasteiger partial charge >= 0.3 is 0 Å². The van der Waals surface area contributed by atoms with E-state index >= 15 is 0 Å². The number of halogens is 1. The molecule has 0 atom stereocenters. The summed E-state index contributed by atoms with van der Waals surface area (Å²) in [5.41, 5.74) is 3.94. The molecule has 0 spiro atoms. The highest BCUT2D eigenvalue weighted by Gasteiger charge is 2.07. The molecule has 4 heterocycles. The summed E-state index contributed by atoms with van der Waals surface area (Å²) in [6, 6.07) is 11.3. The van der Waals surface area contributed by atoms with Crippen LogP contribution in [-0.2, 0) is 0 Å². The zero-order valence-electron chi connectivity index (χ0n) is 18.7. The van der Waals surface area contributed by atoms with Gasteiger partial charge in [0.2, 0.25) is 11.8 Å². The van der Waals surface area contributed by atoms with Crippen molar-refractivity contribution in [1.29, 1.82) is 0 Å². The number of nitrogens with one attached hydrogen (secondary N) is 2. The van der Waals surface area contributed by atoms with Gasteiger partial charge in [0.05, 0.1) is 25.6 Å². The Morgan fingerprint density at radius 2 is 1.39 bits per heavy atom. The molecule has 33 heavy (non-hydrogen) atoms. The molecule has 0 amide bonds. The summed E-state index contributed by atoms with van der Waals surface area (Å²) in [5.74, 6) is 9.44. The molecule has 0 saturated heterocycles. The summed E-state index contributed by atoms with van der Waals surface area (Å²) in [7, 11) is 3.11. The van der Waals surface area contributed by atoms with E-state index in [0.717, 1.165) is 27.2 Å². The van der Waals surface area contributed by atoms with Crippen LogP contribution in [-0.4, -0.2) is 44.6 Å². The average molecular weight is 507 g/mol. The van der Waals surface area contributed by atoms with Gasteiger partial charge in [-0.05, 0) is 60.0 Å². The molecule has 0 radical (unpaired) electrons. The summed E-state index contributed by atoms with van der Waals surface area (Å²) in [5, 5.41) is 13.3. The molecule has 4 aromatic rings. The number of H-pyrrole nitrogens is 2. The van der Waals surface area contributed by atoms with Crippen LogP contribution in [0, 0.1) is 38.0 Å². The van der Waals surface area contributed by atoms with Crippen LogP contribution in [0.4, 0.5) is 0 Å². The van der Waals surface area contributed by atoms with Crippen molar-refractivity contribution in [2.24, 2.45) is 0 Å². The summed E-state index contributed by atoms with van der Waals surface area (Å²) in [6.45, 7) is 3.75. The second-order valence-electron chi connectivity index (χ2n) is 6.23. The van der Waals surface area contributed by atoms with Crippen molar-refractivity contribution in [3.63, 3.8) is 0 Å². The van der Waals surface area contributed by atoms with Crippen molar-refractivity contribution in [1.82, 2.24) is 30.4 Å². The fraction of sp³-hybridized carbons (Fsp3) is 0.167. The van der Waals surface area contributed by atoms with Crippen molar-refractivity contribution in [2.45, 2.75) is 13.8 Å². The third kappa shape index (κ3) is 7.84. The van der Waals surface area contributed by atoms with Gasteiger partial charge in [0.1, 0.15) is 21.4 Å². The summed E-state index contributed by atoms with van der Waals surface area (Å²) >= 11 is 3.20. The maximum Gasteiger partial charge on any atom is 0.248 e. The zero-order valence-corrected chi connectivity index (χ0v) is 20.3. The number of hydrogen-bond donors (Lipinski definition) is 2. The Labute approximate surface area is 201 Å². The van der Waals surface area contributed by atoms with Crippen LogP contribution in [0.1, 0.15) is 28.2 Å². The molecule has 2 N–H and O–H groups in total. The summed E-state index contributed by atoms with van der Waals surface area (Å²) < 4.78 is 10.8. The van der Waals surface area contributed by atoms with Crippen molar-refractivity contribution in [3.05, 3.63) is 81.6 Å². The molecule has 8 nitrogen and oxygen atoms in total. The first-order chi connectivity index (χ1) is 16.0. The molecular formula is C24H23BrN6O2. The molecule has 0 aliphatic rings. The molecule has 0 unspecified atom stereocenters. The zero-order chi connectivity index (χ0) is 24.1. The number of methoxy groups -OCH3 is 2. The monoisotopic (exact) mass is 506 g/mol. The molecule has 0 aliphatic heterocycles. The van der Waals surface area contributed by atoms with E-state index in [2.05, 4.69) is 64.1 Å². The van der Waals surface area contributed by atoms with Gasteiger partial charge < -0.3 is 9.47 Å². The normalized spacial score (nSPS) is 9.09. The Morgan fingerprint density at radius 1 is 0.818 bits per heavy atom. The Kier molecular flexibility index (Phi) is 10.2. The lowest BCUT2D eigenvalue weighted by molar-refractivity contribution is 0.396. The second-order valence-corrected chi connectivity index (χ2v) is 7.04. The highest BCUT2D eigenvalue weighted by molar-refractivity contribution is 9.10. The molecule has 0 fully saturated rings. The van der Waals surface area contributed by atoms with E-state index in [0.29, 0.717) is 17.3 Å². The number of aromatic nitrogens is 6. The van der Waals surface area contributed by atoms with Gasteiger partial charge in [0.15, 0.2) is 0 Å². The first-order valence-electron chi connectivity index (χ1n) is 9.64. The minimum Gasteiger partial charge on any atom is -0.479 e. The molecule has 168 valence electrons. The van der Waals surface area contributed by atoms with Gasteiger partial charge in [0, 0.05) is 12.4 Å². The number of aromatic amines is 2. The average Bonchev–Trinajstić information content (AvgIpc) is 3.40. The van der Waals surface area contributed by atoms with E-state index in [4.69, 9.17) is 15.9 Å². The predicted octanol–water partition coefficient (Wildman–Crippen LogP) is 4.07. The second kappa shape index (κ2) is 13.4. The van der Waals surface area contributed by atoms with E-state index < -0.39 is 0 Å². The predicted molar refractivity (Wildman–Crippen MR) is 130 cm³/mol. The lowest BCUT2D eigenvalue weighted by Gasteiger charge is -1.92. The number of aryl methyl sites for hydroxylation is 2. The molecule has 9 heteroatoms. The van der Waals surface area contributed by atoms with Gasteiger partial charge in [-0.15, -0.1) is 16.6 Å². The Hall–Kier alpha value is -4.08. The van der Waals surface area contributed by atoms with Crippen molar-refractivity contribution in [3.8, 4) is 35.9 Å². The van der Waals surface area contributed by atoms with E-state index in [1.165, 1.54) is 7.11 Å². The van der Waals surface area contributed by atoms with Gasteiger partial charge in [-0.1, -0.05) is 24.0 Å². The van der Waals surface area contributed by atoms with E-state index in [1.54, 1.807) is 19.5 Å². The standard InChI is InChI=1S/C12H11N3O.C7H8N2O.C5H4BrN/c1-9-11(12(16-2)15-14-9)7-6-10-5-3-4-8-13-10;1-4-6-5(2)8-9-7(6)10-3;6-5-3-1-2-4-7-5/h3-5,8H,1-2H3,(H,14,15);1H,2-3H3,(H,8,9);1-4H. The fourth-order valence-electron chi connectivity index (χ4n) is 2.33. The van der Waals surface area contributed by atoms with Crippen LogP contribution in [0.2, 0.25) is 0 Å². The van der Waals surface area contributed by atoms with Gasteiger partial charge in [0.25, 0.3) is 0 Å². The topological polar surface area (TPSA) is 102 Å². The molecule has 0 aromatic carbocycles. The number of hydrogen-bond acceptors (Lipinski definition) is 6. The van der Waals surface area contributed by atoms with Crippen LogP contribution in [0.3, 0.4) is 0 Å². The van der Waals surface area contributed by atoms with E-state index in [1.807, 2.05) is 50.2 Å². The maximum absolute atomic E-state index is 5.18. The smallest absolute Gasteiger partial charge is 0.248 e. The van der Waals surface area contributed by atoms with Gasteiger partial charge in [-0.2, -0.15) is 0 Å². The first kappa shape index (κ1) is 25.2. The van der Waals surface area contributed by atoms with Crippen LogP contribution in [0.5, 0.6) is 11.8 Å². The number of nitrogens with zero attached hydrogens (tertiary/aromatic N) is 4. The highest BCUT2D eigenvalue weighted by Crippen LogP contribution is 2.16. The summed E-state index contributed by atoms with van der Waals surface area (Å²) in [4.78, 5) is 8.01. The van der Waals surface area contributed by atoms with Crippen molar-refractivity contribution in [2.75, 3.05) is 14.2 Å². The lowest BCUT2D eigenvalue weighted by atomic mass is 10.2. The van der Waals surface area contributed by atoms with Crippen LogP contribution >= 0.6 is 15.9 Å². The SMILES string of the molecule is Brc1ccccn1.C#Cc1c(OC)n[nH]c1C.COc1n[nH]c(C)c1C#Cc1ccccn1. The van der Waals surface area contributed by atoms with Gasteiger partial charge in [-0.25, -0.2) is 9.97 Å². The molecular weight excluding hydrogens is 484 g/mol. The third-order valence-electron chi connectivity index (χ3n) is 3.97. The Bertz CT molecular complexity index is 1230. The third-order valence-corrected chi connectivity index (χ3v) is 4.44. The van der Waals surface area contributed by atoms with Crippen molar-refractivity contribution < 1.29 is 9.47 Å². The van der Waals surface area contributed by atoms with Crippen molar-refractivity contribution >= 4 is 15.9 Å². The summed E-state index contributed by atoms with van der Waals surface area (Å²) in [6.07, 6.45) is 8.63. The number of ether oxygens (including phenoxy) is 2. The van der Waals surface area contributed by atoms with E-state index in [-0.39, 0.29) is 0 Å². The molecule has 0 aliphatic carbocycles. The van der Waals surface area contributed by atoms with Crippen LogP contribution < -0.4 is 9.47 Å². The van der Waals surface area contributed by atoms with E-state index in [9.17, 15) is 0 Å². The lowest BCUT2D eigenvalue weighted by Crippen LogP contribution is -1.86. The molecule has 0 saturated carbocycles. The Morgan fingerprint density at radius 3 is 1.82 bits per heavy atom. The number of rotatable bonds is 2. The van der Waals surface area contributed by atoms with Crippen LogP contribution in [0.25, 0.3) is 0 Å². The number of pyridine rings is 2. The Balaban J connectivity index is 0.000000193. The molecule has 4 rings (SSSR count). The maximum atomic E-state index is 5.18. The largest absolute Gasteiger partial charge is 0.479 e. The fourth-order valence-corrected chi connectivity index (χ4v) is 2.60. The van der Waals surface area contributed by atoms with Crippen LogP contribution in [0.15, 0.2) is 53.4 Å². The first-order valence-corrected chi connectivity index (χ1v) is 10.4. The van der Waals surface area contributed by atoms with Gasteiger partial charge in [-0.3, -0.25) is 10.2 Å². The quantitative estimate of drug-likeness (QED) is 0.313. The minimum absolute atomic E-state index is 0.486. The molecule has 0 bridgehead atoms. The minimum atomic E-state index is 0.486.